The van der Waals surface area contributed by atoms with Crippen molar-refractivity contribution in [3.8, 4) is 0 Å². The predicted octanol–water partition coefficient (Wildman–Crippen LogP) is -0.195. The van der Waals surface area contributed by atoms with Crippen LogP contribution in [0.4, 0.5) is 0 Å². The van der Waals surface area contributed by atoms with E-state index in [-0.39, 0.29) is 23.3 Å². The summed E-state index contributed by atoms with van der Waals surface area (Å²) in [5, 5.41) is 17.0. The summed E-state index contributed by atoms with van der Waals surface area (Å²) in [7, 11) is 0. The molecule has 0 saturated carbocycles. The molecule has 3 amide bonds. The molecule has 0 bridgehead atoms. The molecule has 11 heteroatoms. The lowest BCUT2D eigenvalue weighted by Crippen LogP contribution is -2.58. The topological polar surface area (TPSA) is 151 Å². The zero-order valence-electron chi connectivity index (χ0n) is 17.3. The molecule has 0 aromatic heterocycles. The summed E-state index contributed by atoms with van der Waals surface area (Å²) in [5.74, 6) is -3.00. The Morgan fingerprint density at radius 3 is 1.83 bits per heavy atom. The third-order valence-electron chi connectivity index (χ3n) is 4.47. The Kier molecular flexibility index (Phi) is 13.0. The number of carbonyl (C=O) groups excluding carboxylic acids is 3. The number of hydrogen-bond acceptors (Lipinski definition) is 7. The molecule has 5 atom stereocenters. The summed E-state index contributed by atoms with van der Waals surface area (Å²) in [6.45, 7) is 7.31. The van der Waals surface area contributed by atoms with Crippen LogP contribution in [0.5, 0.6) is 0 Å². The predicted molar refractivity (Wildman–Crippen MR) is 118 cm³/mol. The van der Waals surface area contributed by atoms with E-state index in [0.29, 0.717) is 12.8 Å². The highest BCUT2D eigenvalue weighted by atomic mass is 32.1. The van der Waals surface area contributed by atoms with E-state index < -0.39 is 47.9 Å². The maximum absolute atomic E-state index is 12.7. The van der Waals surface area contributed by atoms with Crippen molar-refractivity contribution in [2.24, 2.45) is 17.6 Å². The van der Waals surface area contributed by atoms with E-state index in [1.807, 2.05) is 20.8 Å². The van der Waals surface area contributed by atoms with Crippen molar-refractivity contribution in [2.75, 3.05) is 11.5 Å². The van der Waals surface area contributed by atoms with Crippen molar-refractivity contribution in [3.63, 3.8) is 0 Å². The molecular formula is C18H34N4O5S2. The second-order valence-electron chi connectivity index (χ2n) is 7.43. The number of thiol groups is 2. The van der Waals surface area contributed by atoms with Crippen LogP contribution >= 0.6 is 25.3 Å². The molecule has 9 nitrogen and oxygen atoms in total. The molecule has 168 valence electrons. The number of hydrogen-bond donors (Lipinski definition) is 7. The van der Waals surface area contributed by atoms with E-state index in [0.717, 1.165) is 0 Å². The summed E-state index contributed by atoms with van der Waals surface area (Å²) >= 11 is 8.02. The number of amides is 3. The molecule has 0 heterocycles. The standard InChI is InChI=1S/C18H34N4O5S2/c1-5-10(4)14(18(26)27)22-16(24)12(6-9(2)3)20-17(25)13(8-29)21-15(23)11(19)7-28/h9-14,28-29H,5-8,19H2,1-4H3,(H,20,25)(H,21,23)(H,22,24)(H,26,27). The summed E-state index contributed by atoms with van der Waals surface area (Å²) < 4.78 is 0. The minimum atomic E-state index is -1.14. The smallest absolute Gasteiger partial charge is 0.326 e. The average Bonchev–Trinajstić information content (AvgIpc) is 2.66. The molecule has 6 N–H and O–H groups in total. The van der Waals surface area contributed by atoms with Gasteiger partial charge in [-0.2, -0.15) is 25.3 Å². The van der Waals surface area contributed by atoms with E-state index in [2.05, 4.69) is 41.2 Å². The molecule has 0 radical (unpaired) electrons. The summed E-state index contributed by atoms with van der Waals surface area (Å²) in [5.41, 5.74) is 5.59. The first-order chi connectivity index (χ1) is 13.5. The number of nitrogens with two attached hydrogens (primary N) is 1. The molecule has 5 unspecified atom stereocenters. The Morgan fingerprint density at radius 2 is 1.41 bits per heavy atom. The van der Waals surface area contributed by atoms with Gasteiger partial charge in [0.25, 0.3) is 0 Å². The minimum Gasteiger partial charge on any atom is -0.480 e. The first-order valence-electron chi connectivity index (χ1n) is 9.59. The highest BCUT2D eigenvalue weighted by Gasteiger charge is 2.31. The SMILES string of the molecule is CCC(C)C(NC(=O)C(CC(C)C)NC(=O)C(CS)NC(=O)C(N)CS)C(=O)O. The number of carboxylic acid groups (broad SMARTS) is 1. The second-order valence-corrected chi connectivity index (χ2v) is 8.16. The first kappa shape index (κ1) is 27.5. The summed E-state index contributed by atoms with van der Waals surface area (Å²) in [6, 6.07) is -3.89. The molecule has 0 saturated heterocycles. The lowest BCUT2D eigenvalue weighted by molar-refractivity contribution is -0.144. The van der Waals surface area contributed by atoms with Gasteiger partial charge in [-0.05, 0) is 18.3 Å². The van der Waals surface area contributed by atoms with Crippen LogP contribution < -0.4 is 21.7 Å². The fourth-order valence-electron chi connectivity index (χ4n) is 2.47. The zero-order valence-corrected chi connectivity index (χ0v) is 19.1. The first-order valence-corrected chi connectivity index (χ1v) is 10.9. The number of carbonyl (C=O) groups is 4. The molecule has 0 aliphatic heterocycles. The Hall–Kier alpha value is -1.46. The number of nitrogens with one attached hydrogen (secondary N) is 3. The third-order valence-corrected chi connectivity index (χ3v) is 5.22. The molecule has 0 aromatic rings. The van der Waals surface area contributed by atoms with Crippen molar-refractivity contribution in [2.45, 2.75) is 64.7 Å². The third kappa shape index (κ3) is 9.72. The van der Waals surface area contributed by atoms with Crippen LogP contribution in [0.25, 0.3) is 0 Å². The van der Waals surface area contributed by atoms with Gasteiger partial charge in [0.15, 0.2) is 0 Å². The quantitative estimate of drug-likeness (QED) is 0.193. The van der Waals surface area contributed by atoms with Gasteiger partial charge in [0, 0.05) is 11.5 Å². The molecule has 0 spiro atoms. The highest BCUT2D eigenvalue weighted by Crippen LogP contribution is 2.11. The van der Waals surface area contributed by atoms with Crippen molar-refractivity contribution >= 4 is 48.9 Å². The van der Waals surface area contributed by atoms with E-state index in [4.69, 9.17) is 5.73 Å². The minimum absolute atomic E-state index is 0.00248. The van der Waals surface area contributed by atoms with Crippen LogP contribution in [0.2, 0.25) is 0 Å². The van der Waals surface area contributed by atoms with Crippen LogP contribution in [-0.4, -0.2) is 64.5 Å². The van der Waals surface area contributed by atoms with Crippen LogP contribution in [0.1, 0.15) is 40.5 Å². The van der Waals surface area contributed by atoms with Gasteiger partial charge >= 0.3 is 5.97 Å². The van der Waals surface area contributed by atoms with Gasteiger partial charge in [-0.3, -0.25) is 14.4 Å². The van der Waals surface area contributed by atoms with Crippen LogP contribution in [0.3, 0.4) is 0 Å². The summed E-state index contributed by atoms with van der Waals surface area (Å²) in [6.07, 6.45) is 0.866. The van der Waals surface area contributed by atoms with Gasteiger partial charge in [-0.1, -0.05) is 34.1 Å². The van der Waals surface area contributed by atoms with Crippen molar-refractivity contribution < 1.29 is 24.3 Å². The normalized spacial score (nSPS) is 16.3. The number of rotatable bonds is 13. The highest BCUT2D eigenvalue weighted by molar-refractivity contribution is 7.80. The maximum Gasteiger partial charge on any atom is 0.326 e. The molecule has 0 aliphatic rings. The van der Waals surface area contributed by atoms with Gasteiger partial charge in [0.2, 0.25) is 17.7 Å². The van der Waals surface area contributed by atoms with E-state index in [1.165, 1.54) is 0 Å². The van der Waals surface area contributed by atoms with E-state index in [9.17, 15) is 24.3 Å². The average molecular weight is 451 g/mol. The van der Waals surface area contributed by atoms with Crippen LogP contribution in [0, 0.1) is 11.8 Å². The lowest BCUT2D eigenvalue weighted by atomic mass is 9.97. The molecule has 0 fully saturated rings. The Labute approximate surface area is 183 Å². The van der Waals surface area contributed by atoms with Crippen molar-refractivity contribution in [3.05, 3.63) is 0 Å². The molecular weight excluding hydrogens is 416 g/mol. The zero-order chi connectivity index (χ0) is 22.7. The fourth-order valence-corrected chi connectivity index (χ4v) is 2.89. The molecule has 0 aliphatic carbocycles. The van der Waals surface area contributed by atoms with Gasteiger partial charge in [0.1, 0.15) is 18.1 Å². The molecule has 0 rings (SSSR count). The van der Waals surface area contributed by atoms with Crippen molar-refractivity contribution in [1.82, 2.24) is 16.0 Å². The van der Waals surface area contributed by atoms with Crippen LogP contribution in [-0.2, 0) is 19.2 Å². The fraction of sp³-hybridized carbons (Fsp3) is 0.778. The summed E-state index contributed by atoms with van der Waals surface area (Å²) in [4.78, 5) is 48.7. The Bertz CT molecular complexity index is 576. The number of carboxylic acids is 1. The van der Waals surface area contributed by atoms with E-state index in [1.54, 1.807) is 6.92 Å². The Balaban J connectivity index is 5.30. The van der Waals surface area contributed by atoms with E-state index >= 15 is 0 Å². The monoisotopic (exact) mass is 450 g/mol. The number of aliphatic carboxylic acids is 1. The van der Waals surface area contributed by atoms with Gasteiger partial charge < -0.3 is 26.8 Å². The molecule has 29 heavy (non-hydrogen) atoms. The van der Waals surface area contributed by atoms with Gasteiger partial charge in [-0.25, -0.2) is 4.79 Å². The van der Waals surface area contributed by atoms with Crippen molar-refractivity contribution in [1.29, 1.82) is 0 Å². The maximum atomic E-state index is 12.7. The van der Waals surface area contributed by atoms with Crippen LogP contribution in [0.15, 0.2) is 0 Å². The molecule has 0 aromatic carbocycles. The second kappa shape index (κ2) is 13.7. The Morgan fingerprint density at radius 1 is 0.897 bits per heavy atom. The lowest BCUT2D eigenvalue weighted by Gasteiger charge is -2.27. The largest absolute Gasteiger partial charge is 0.480 e. The van der Waals surface area contributed by atoms with Gasteiger partial charge in [-0.15, -0.1) is 0 Å². The van der Waals surface area contributed by atoms with Gasteiger partial charge in [0.05, 0.1) is 6.04 Å².